The monoisotopic (exact) mass is 285 g/mol. The minimum Gasteiger partial charge on any atom is -0.370 e. The number of benzene rings is 1. The number of hydrogen-bond acceptors (Lipinski definition) is 3. The van der Waals surface area contributed by atoms with Crippen LogP contribution < -0.4 is 16.6 Å². The molecule has 0 aliphatic carbocycles. The van der Waals surface area contributed by atoms with Gasteiger partial charge in [-0.2, -0.15) is 0 Å². The maximum Gasteiger partial charge on any atom is 0.255 e. The number of anilines is 1. The van der Waals surface area contributed by atoms with E-state index in [0.29, 0.717) is 11.4 Å². The zero-order chi connectivity index (χ0) is 15.4. The molecule has 6 nitrogen and oxygen atoms in total. The third kappa shape index (κ3) is 3.92. The molecule has 6 heteroatoms. The lowest BCUT2D eigenvalue weighted by molar-refractivity contribution is 0.933. The number of nitrogens with zero attached hydrogens (tertiary/aromatic N) is 2. The number of hydrogen-bond donors (Lipinski definition) is 3. The number of H-pyrrole nitrogens is 1. The van der Waals surface area contributed by atoms with E-state index < -0.39 is 0 Å². The smallest absolute Gasteiger partial charge is 0.255 e. The van der Waals surface area contributed by atoms with Crippen molar-refractivity contribution >= 4 is 11.6 Å². The van der Waals surface area contributed by atoms with Crippen molar-refractivity contribution in [3.05, 3.63) is 57.3 Å². The van der Waals surface area contributed by atoms with Gasteiger partial charge in [0.1, 0.15) is 5.82 Å². The molecule has 21 heavy (non-hydrogen) atoms. The molecule has 110 valence electrons. The van der Waals surface area contributed by atoms with Crippen LogP contribution in [-0.2, 0) is 6.54 Å². The van der Waals surface area contributed by atoms with Crippen molar-refractivity contribution in [2.24, 2.45) is 10.7 Å². The molecule has 0 aliphatic rings. The zero-order valence-corrected chi connectivity index (χ0v) is 12.4. The first-order valence-electron chi connectivity index (χ1n) is 6.64. The lowest BCUT2D eigenvalue weighted by Gasteiger charge is -2.08. The Morgan fingerprint density at radius 1 is 1.33 bits per heavy atom. The van der Waals surface area contributed by atoms with Gasteiger partial charge < -0.3 is 16.0 Å². The van der Waals surface area contributed by atoms with Crippen LogP contribution >= 0.6 is 0 Å². The molecule has 0 saturated heterocycles. The SMILES string of the molecule is Cc1ncc(CN=C(N)Nc2ccc(C)c(C)c2)c(=O)[nH]1. The van der Waals surface area contributed by atoms with Crippen LogP contribution in [0.5, 0.6) is 0 Å². The van der Waals surface area contributed by atoms with Gasteiger partial charge in [0.15, 0.2) is 5.96 Å². The summed E-state index contributed by atoms with van der Waals surface area (Å²) in [6.45, 7) is 6.00. The van der Waals surface area contributed by atoms with Gasteiger partial charge >= 0.3 is 0 Å². The van der Waals surface area contributed by atoms with Crippen LogP contribution in [0, 0.1) is 20.8 Å². The third-order valence-electron chi connectivity index (χ3n) is 3.20. The molecule has 1 aromatic heterocycles. The van der Waals surface area contributed by atoms with Crippen molar-refractivity contribution in [3.8, 4) is 0 Å². The van der Waals surface area contributed by atoms with Crippen LogP contribution in [0.15, 0.2) is 34.2 Å². The number of nitrogens with one attached hydrogen (secondary N) is 2. The van der Waals surface area contributed by atoms with Crippen molar-refractivity contribution in [1.29, 1.82) is 0 Å². The summed E-state index contributed by atoms with van der Waals surface area (Å²) >= 11 is 0. The van der Waals surface area contributed by atoms with Crippen molar-refractivity contribution < 1.29 is 0 Å². The first-order valence-corrected chi connectivity index (χ1v) is 6.64. The minimum atomic E-state index is -0.190. The molecule has 0 fully saturated rings. The average Bonchev–Trinajstić information content (AvgIpc) is 2.42. The van der Waals surface area contributed by atoms with Gasteiger partial charge in [-0.05, 0) is 44.0 Å². The molecular formula is C15H19N5O. The first kappa shape index (κ1) is 14.8. The number of aromatic nitrogens is 2. The second-order valence-electron chi connectivity index (χ2n) is 4.95. The van der Waals surface area contributed by atoms with Gasteiger partial charge in [0, 0.05) is 11.9 Å². The summed E-state index contributed by atoms with van der Waals surface area (Å²) in [6, 6.07) is 5.95. The van der Waals surface area contributed by atoms with Crippen molar-refractivity contribution in [1.82, 2.24) is 9.97 Å². The average molecular weight is 285 g/mol. The minimum absolute atomic E-state index is 0.187. The first-order chi connectivity index (χ1) is 9.95. The van der Waals surface area contributed by atoms with Gasteiger partial charge in [-0.15, -0.1) is 0 Å². The Morgan fingerprint density at radius 3 is 2.76 bits per heavy atom. The summed E-state index contributed by atoms with van der Waals surface area (Å²) in [5, 5.41) is 3.01. The van der Waals surface area contributed by atoms with E-state index in [1.165, 1.54) is 17.3 Å². The summed E-state index contributed by atoms with van der Waals surface area (Å²) < 4.78 is 0. The Hall–Kier alpha value is -2.63. The highest BCUT2D eigenvalue weighted by molar-refractivity contribution is 5.92. The molecule has 0 aliphatic heterocycles. The molecule has 0 unspecified atom stereocenters. The van der Waals surface area contributed by atoms with Crippen molar-refractivity contribution in [2.45, 2.75) is 27.3 Å². The number of nitrogens with two attached hydrogens (primary N) is 1. The molecular weight excluding hydrogens is 266 g/mol. The number of aromatic amines is 1. The summed E-state index contributed by atoms with van der Waals surface area (Å²) in [5.41, 5.74) is 9.38. The highest BCUT2D eigenvalue weighted by atomic mass is 16.1. The second kappa shape index (κ2) is 6.21. The fourth-order valence-corrected chi connectivity index (χ4v) is 1.80. The summed E-state index contributed by atoms with van der Waals surface area (Å²) in [5.74, 6) is 0.840. The van der Waals surface area contributed by atoms with E-state index in [9.17, 15) is 4.79 Å². The lowest BCUT2D eigenvalue weighted by Crippen LogP contribution is -2.23. The molecule has 0 spiro atoms. The van der Waals surface area contributed by atoms with Crippen LogP contribution in [0.25, 0.3) is 0 Å². The van der Waals surface area contributed by atoms with Crippen LogP contribution in [0.3, 0.4) is 0 Å². The van der Waals surface area contributed by atoms with Crippen LogP contribution in [0.2, 0.25) is 0 Å². The molecule has 1 heterocycles. The Balaban J connectivity index is 2.07. The van der Waals surface area contributed by atoms with E-state index in [1.807, 2.05) is 32.0 Å². The molecule has 0 amide bonds. The van der Waals surface area contributed by atoms with Gasteiger partial charge in [0.2, 0.25) is 0 Å². The van der Waals surface area contributed by atoms with E-state index in [2.05, 4.69) is 20.3 Å². The highest BCUT2D eigenvalue weighted by Gasteiger charge is 2.01. The van der Waals surface area contributed by atoms with Gasteiger partial charge in [0.05, 0.1) is 12.1 Å². The number of rotatable bonds is 3. The summed E-state index contributed by atoms with van der Waals surface area (Å²) in [7, 11) is 0. The van der Waals surface area contributed by atoms with E-state index in [0.717, 1.165) is 5.69 Å². The Labute approximate surface area is 123 Å². The molecule has 4 N–H and O–H groups in total. The van der Waals surface area contributed by atoms with Crippen molar-refractivity contribution in [2.75, 3.05) is 5.32 Å². The summed E-state index contributed by atoms with van der Waals surface area (Å²) in [6.07, 6.45) is 1.51. The molecule has 0 atom stereocenters. The fraction of sp³-hybridized carbons (Fsp3) is 0.267. The molecule has 1 aromatic carbocycles. The normalized spacial score (nSPS) is 11.5. The van der Waals surface area contributed by atoms with Gasteiger partial charge in [0.25, 0.3) is 5.56 Å². The van der Waals surface area contributed by atoms with E-state index in [4.69, 9.17) is 5.73 Å². The predicted octanol–water partition coefficient (Wildman–Crippen LogP) is 1.62. The molecule has 0 saturated carbocycles. The summed E-state index contributed by atoms with van der Waals surface area (Å²) in [4.78, 5) is 22.5. The van der Waals surface area contributed by atoms with Crippen LogP contribution in [-0.4, -0.2) is 15.9 Å². The van der Waals surface area contributed by atoms with Gasteiger partial charge in [-0.1, -0.05) is 6.07 Å². The van der Waals surface area contributed by atoms with Gasteiger partial charge in [-0.3, -0.25) is 4.79 Å². The fourth-order valence-electron chi connectivity index (χ4n) is 1.80. The van der Waals surface area contributed by atoms with Gasteiger partial charge in [-0.25, -0.2) is 9.98 Å². The van der Waals surface area contributed by atoms with E-state index >= 15 is 0 Å². The van der Waals surface area contributed by atoms with Crippen LogP contribution in [0.4, 0.5) is 5.69 Å². The maximum atomic E-state index is 11.7. The zero-order valence-electron chi connectivity index (χ0n) is 12.4. The topological polar surface area (TPSA) is 96.2 Å². The number of aliphatic imine (C=N–C) groups is 1. The largest absolute Gasteiger partial charge is 0.370 e. The molecule has 2 aromatic rings. The van der Waals surface area contributed by atoms with Crippen LogP contribution in [0.1, 0.15) is 22.5 Å². The number of guanidine groups is 1. The lowest BCUT2D eigenvalue weighted by atomic mass is 10.1. The Bertz CT molecular complexity index is 733. The molecule has 2 rings (SSSR count). The van der Waals surface area contributed by atoms with E-state index in [-0.39, 0.29) is 18.1 Å². The number of aryl methyl sites for hydroxylation is 3. The predicted molar refractivity (Wildman–Crippen MR) is 84.5 cm³/mol. The Morgan fingerprint density at radius 2 is 2.10 bits per heavy atom. The van der Waals surface area contributed by atoms with E-state index in [1.54, 1.807) is 6.92 Å². The second-order valence-corrected chi connectivity index (χ2v) is 4.95. The molecule has 0 radical (unpaired) electrons. The third-order valence-corrected chi connectivity index (χ3v) is 3.20. The maximum absolute atomic E-state index is 11.7. The Kier molecular flexibility index (Phi) is 4.37. The highest BCUT2D eigenvalue weighted by Crippen LogP contribution is 2.13. The standard InChI is InChI=1S/C15H19N5O/c1-9-4-5-13(6-10(9)2)20-15(16)18-8-12-7-17-11(3)19-14(12)21/h4-7H,8H2,1-3H3,(H3,16,18,20)(H,17,19,21). The van der Waals surface area contributed by atoms with Crippen molar-refractivity contribution in [3.63, 3.8) is 0 Å². The quantitative estimate of drug-likeness (QED) is 0.590. The molecule has 0 bridgehead atoms.